The van der Waals surface area contributed by atoms with E-state index in [4.69, 9.17) is 34.8 Å². The van der Waals surface area contributed by atoms with E-state index in [0.29, 0.717) is 10.7 Å². The van der Waals surface area contributed by atoms with Gasteiger partial charge in [0, 0.05) is 5.02 Å². The van der Waals surface area contributed by atoms with Crippen LogP contribution in [0.25, 0.3) is 0 Å². The predicted molar refractivity (Wildman–Crippen MR) is 117 cm³/mol. The van der Waals surface area contributed by atoms with E-state index in [0.717, 1.165) is 22.3 Å². The highest BCUT2D eigenvalue weighted by molar-refractivity contribution is 6.38. The number of carbonyl (C=O) groups excluding carboxylic acids is 2. The van der Waals surface area contributed by atoms with Crippen molar-refractivity contribution in [3.05, 3.63) is 100 Å². The van der Waals surface area contributed by atoms with E-state index in [2.05, 4.69) is 0 Å². The Hall–Kier alpha value is -2.33. The number of alkyl halides is 2. The van der Waals surface area contributed by atoms with Crippen LogP contribution >= 0.6 is 34.8 Å². The van der Waals surface area contributed by atoms with Crippen LogP contribution in [0, 0.1) is 11.8 Å². The highest BCUT2D eigenvalue weighted by Gasteiger charge is 2.73. The van der Waals surface area contributed by atoms with E-state index in [9.17, 15) is 9.59 Å². The summed E-state index contributed by atoms with van der Waals surface area (Å²) >= 11 is 20.8. The second-order valence-corrected chi connectivity index (χ2v) is 9.59. The van der Waals surface area contributed by atoms with Crippen LogP contribution in [-0.4, -0.2) is 11.8 Å². The molecule has 2 atom stereocenters. The highest BCUT2D eigenvalue weighted by Crippen LogP contribution is 2.69. The monoisotopic (exact) mass is 453 g/mol. The topological polar surface area (TPSA) is 37.4 Å². The fraction of sp³-hybridized carbons (Fsp3) is 0.167. The minimum atomic E-state index is -1.16. The Labute approximate surface area is 188 Å². The molecule has 3 aliphatic carbocycles. The molecule has 1 aliphatic heterocycles. The molecule has 0 N–H and O–H groups in total. The summed E-state index contributed by atoms with van der Waals surface area (Å²) in [6.07, 6.45) is 0. The molecule has 148 valence electrons. The lowest BCUT2D eigenvalue weighted by molar-refractivity contribution is -0.122. The van der Waals surface area contributed by atoms with E-state index in [-0.39, 0.29) is 11.8 Å². The second-order valence-electron chi connectivity index (χ2n) is 7.96. The molecule has 6 heteroatoms. The molecule has 2 bridgehead atoms. The van der Waals surface area contributed by atoms with Gasteiger partial charge in [0.15, 0.2) is 0 Å². The molecule has 0 unspecified atom stereocenters. The molecule has 3 aromatic rings. The van der Waals surface area contributed by atoms with Crippen molar-refractivity contribution in [1.82, 2.24) is 0 Å². The van der Waals surface area contributed by atoms with Gasteiger partial charge in [-0.25, -0.2) is 4.90 Å². The van der Waals surface area contributed by atoms with Crippen molar-refractivity contribution in [2.45, 2.75) is 9.75 Å². The Kier molecular flexibility index (Phi) is 3.61. The molecule has 2 amide bonds. The van der Waals surface area contributed by atoms with Gasteiger partial charge in [0.25, 0.3) is 0 Å². The Bertz CT molecular complexity index is 1130. The number of imide groups is 1. The van der Waals surface area contributed by atoms with Crippen LogP contribution < -0.4 is 4.90 Å². The molecule has 1 heterocycles. The third-order valence-corrected chi connectivity index (χ3v) is 8.21. The molecule has 1 saturated heterocycles. The molecule has 3 aromatic carbocycles. The quantitative estimate of drug-likeness (QED) is 0.363. The lowest BCUT2D eigenvalue weighted by atomic mass is 9.54. The van der Waals surface area contributed by atoms with Gasteiger partial charge in [-0.3, -0.25) is 9.59 Å². The van der Waals surface area contributed by atoms with Crippen LogP contribution in [0.3, 0.4) is 0 Å². The lowest BCUT2D eigenvalue weighted by Gasteiger charge is -2.54. The van der Waals surface area contributed by atoms with E-state index < -0.39 is 21.6 Å². The maximum atomic E-state index is 13.7. The maximum Gasteiger partial charge on any atom is 0.240 e. The van der Waals surface area contributed by atoms with Gasteiger partial charge in [-0.15, -0.1) is 23.2 Å². The van der Waals surface area contributed by atoms with Crippen LogP contribution in [0.1, 0.15) is 22.3 Å². The first kappa shape index (κ1) is 18.4. The van der Waals surface area contributed by atoms with Crippen LogP contribution in [-0.2, 0) is 19.3 Å². The first-order valence-electron chi connectivity index (χ1n) is 9.61. The van der Waals surface area contributed by atoms with Crippen molar-refractivity contribution < 1.29 is 9.59 Å². The van der Waals surface area contributed by atoms with Crippen molar-refractivity contribution in [1.29, 1.82) is 0 Å². The van der Waals surface area contributed by atoms with Gasteiger partial charge in [0.05, 0.1) is 17.5 Å². The second kappa shape index (κ2) is 5.88. The molecule has 0 spiro atoms. The first-order chi connectivity index (χ1) is 14.4. The number of halogens is 3. The number of anilines is 1. The molecule has 0 saturated carbocycles. The van der Waals surface area contributed by atoms with Crippen LogP contribution in [0.2, 0.25) is 5.02 Å². The SMILES string of the molecule is O=C1[C@@H]2[C@@H](C(=O)N1c1ccc(Cl)cc1)C1(Cl)c3ccccc3C2(Cl)c2ccccc21. The van der Waals surface area contributed by atoms with Gasteiger partial charge in [0.1, 0.15) is 9.75 Å². The van der Waals surface area contributed by atoms with Crippen molar-refractivity contribution in [2.24, 2.45) is 11.8 Å². The summed E-state index contributed by atoms with van der Waals surface area (Å²) in [6, 6.07) is 21.8. The van der Waals surface area contributed by atoms with E-state index in [1.807, 2.05) is 48.5 Å². The summed E-state index contributed by atoms with van der Waals surface area (Å²) in [7, 11) is 0. The maximum absolute atomic E-state index is 13.7. The van der Waals surface area contributed by atoms with E-state index >= 15 is 0 Å². The van der Waals surface area contributed by atoms with E-state index in [1.165, 1.54) is 4.90 Å². The minimum absolute atomic E-state index is 0.337. The van der Waals surface area contributed by atoms with Crippen LogP contribution in [0.15, 0.2) is 72.8 Å². The largest absolute Gasteiger partial charge is 0.274 e. The molecule has 0 radical (unpaired) electrons. The Morgan fingerprint density at radius 2 is 1.00 bits per heavy atom. The fourth-order valence-corrected chi connectivity index (χ4v) is 6.74. The molecule has 0 aromatic heterocycles. The smallest absolute Gasteiger partial charge is 0.240 e. The van der Waals surface area contributed by atoms with Crippen molar-refractivity contribution >= 4 is 52.3 Å². The van der Waals surface area contributed by atoms with Gasteiger partial charge in [-0.05, 0) is 46.5 Å². The number of hydrogen-bond acceptors (Lipinski definition) is 2. The standard InChI is InChI=1S/C24H14Cl3NO2/c25-13-9-11-14(12-10-13)28-21(29)19-20(22(28)30)24(27)16-6-2-1-5-15(16)23(19,26)17-7-3-4-8-18(17)24/h1-12,19-20H/t19-,20-,23?,24?/m0/s1. The van der Waals surface area contributed by atoms with Crippen LogP contribution in [0.4, 0.5) is 5.69 Å². The molecular weight excluding hydrogens is 441 g/mol. The Balaban J connectivity index is 1.66. The van der Waals surface area contributed by atoms with Crippen molar-refractivity contribution in [2.75, 3.05) is 4.90 Å². The number of benzene rings is 3. The lowest BCUT2D eigenvalue weighted by Crippen LogP contribution is -2.57. The summed E-state index contributed by atoms with van der Waals surface area (Å²) in [4.78, 5) is 26.3. The zero-order valence-corrected chi connectivity index (χ0v) is 17.7. The summed E-state index contributed by atoms with van der Waals surface area (Å²) < 4.78 is 0. The normalized spacial score (nSPS) is 30.8. The Morgan fingerprint density at radius 1 is 0.633 bits per heavy atom. The molecule has 3 nitrogen and oxygen atoms in total. The number of rotatable bonds is 1. The van der Waals surface area contributed by atoms with E-state index in [1.54, 1.807) is 24.3 Å². The molecule has 7 rings (SSSR count). The zero-order chi connectivity index (χ0) is 20.8. The number of amides is 2. The predicted octanol–water partition coefficient (Wildman–Crippen LogP) is 5.44. The van der Waals surface area contributed by atoms with Crippen molar-refractivity contribution in [3.63, 3.8) is 0 Å². The molecular formula is C24H14Cl3NO2. The average Bonchev–Trinajstić information content (AvgIpc) is 3.04. The van der Waals surface area contributed by atoms with Gasteiger partial charge in [0.2, 0.25) is 11.8 Å². The van der Waals surface area contributed by atoms with Crippen molar-refractivity contribution in [3.8, 4) is 0 Å². The third-order valence-electron chi connectivity index (χ3n) is 6.67. The Morgan fingerprint density at radius 3 is 1.37 bits per heavy atom. The number of hydrogen-bond donors (Lipinski definition) is 0. The molecule has 4 aliphatic rings. The summed E-state index contributed by atoms with van der Waals surface area (Å²) in [6.45, 7) is 0. The van der Waals surface area contributed by atoms with Gasteiger partial charge in [-0.2, -0.15) is 0 Å². The first-order valence-corrected chi connectivity index (χ1v) is 10.7. The van der Waals surface area contributed by atoms with Crippen LogP contribution in [0.5, 0.6) is 0 Å². The summed E-state index contributed by atoms with van der Waals surface area (Å²) in [5.41, 5.74) is 3.64. The highest BCUT2D eigenvalue weighted by atomic mass is 35.5. The number of nitrogens with zero attached hydrogens (tertiary/aromatic N) is 1. The fourth-order valence-electron chi connectivity index (χ4n) is 5.51. The minimum Gasteiger partial charge on any atom is -0.274 e. The summed E-state index contributed by atoms with van der Waals surface area (Å²) in [5.74, 6) is -2.28. The zero-order valence-electron chi connectivity index (χ0n) is 15.5. The number of carbonyl (C=O) groups is 2. The third kappa shape index (κ3) is 1.94. The summed E-state index contributed by atoms with van der Waals surface area (Å²) in [5, 5.41) is 0.526. The molecule has 1 fully saturated rings. The average molecular weight is 455 g/mol. The van der Waals surface area contributed by atoms with Gasteiger partial charge < -0.3 is 0 Å². The molecule has 30 heavy (non-hydrogen) atoms. The van der Waals surface area contributed by atoms with Gasteiger partial charge in [-0.1, -0.05) is 60.1 Å². The van der Waals surface area contributed by atoms with Gasteiger partial charge >= 0.3 is 0 Å².